The third kappa shape index (κ3) is 2.91. The van der Waals surface area contributed by atoms with Crippen LogP contribution in [0.25, 0.3) is 0 Å². The van der Waals surface area contributed by atoms with Crippen LogP contribution in [0.4, 0.5) is 10.5 Å². The van der Waals surface area contributed by atoms with Gasteiger partial charge in [0.05, 0.1) is 7.11 Å². The van der Waals surface area contributed by atoms with Gasteiger partial charge in [0.15, 0.2) is 0 Å². The summed E-state index contributed by atoms with van der Waals surface area (Å²) in [5, 5.41) is 2.85. The lowest BCUT2D eigenvalue weighted by atomic mass is 10.0. The molecule has 1 aliphatic heterocycles. The molecule has 1 aliphatic rings. The van der Waals surface area contributed by atoms with E-state index in [1.807, 2.05) is 4.90 Å². The van der Waals surface area contributed by atoms with Crippen LogP contribution in [0, 0.1) is 5.92 Å². The second kappa shape index (κ2) is 5.71. The molecule has 5 heteroatoms. The number of carbonyl (C=O) groups is 1. The van der Waals surface area contributed by atoms with Gasteiger partial charge in [-0.3, -0.25) is 0 Å². The molecule has 1 fully saturated rings. The number of ether oxygens (including phenoxy) is 1. The molecule has 0 aliphatic carbocycles. The first kappa shape index (κ1) is 12.7. The molecule has 1 aromatic heterocycles. The number of hydrogen-bond acceptors (Lipinski definition) is 3. The second-order valence-electron chi connectivity index (χ2n) is 4.68. The highest BCUT2D eigenvalue weighted by atomic mass is 16.5. The van der Waals surface area contributed by atoms with Crippen LogP contribution < -0.4 is 10.1 Å². The molecule has 0 radical (unpaired) electrons. The number of aromatic nitrogens is 1. The molecule has 1 N–H and O–H groups in total. The van der Waals surface area contributed by atoms with Crippen molar-refractivity contribution in [2.24, 2.45) is 5.92 Å². The smallest absolute Gasteiger partial charge is 0.322 e. The quantitative estimate of drug-likeness (QED) is 0.875. The first-order valence-electron chi connectivity index (χ1n) is 6.25. The highest BCUT2D eigenvalue weighted by Crippen LogP contribution is 2.22. The summed E-state index contributed by atoms with van der Waals surface area (Å²) in [5.74, 6) is 1.01. The first-order valence-corrected chi connectivity index (χ1v) is 6.25. The lowest BCUT2D eigenvalue weighted by molar-refractivity contribution is 0.182. The van der Waals surface area contributed by atoms with Gasteiger partial charge in [0.25, 0.3) is 0 Å². The van der Waals surface area contributed by atoms with E-state index < -0.39 is 0 Å². The van der Waals surface area contributed by atoms with Crippen molar-refractivity contribution in [3.05, 3.63) is 18.3 Å². The zero-order valence-corrected chi connectivity index (χ0v) is 10.8. The molecule has 2 rings (SSSR count). The lowest BCUT2D eigenvalue weighted by Gasteiger charge is -2.31. The van der Waals surface area contributed by atoms with E-state index in [4.69, 9.17) is 4.74 Å². The summed E-state index contributed by atoms with van der Waals surface area (Å²) in [6.45, 7) is 3.80. The number of urea groups is 1. The third-order valence-corrected chi connectivity index (χ3v) is 3.15. The number of pyridine rings is 1. The molecule has 98 valence electrons. The highest BCUT2D eigenvalue weighted by molar-refractivity contribution is 5.90. The Morgan fingerprint density at radius 1 is 1.61 bits per heavy atom. The Labute approximate surface area is 107 Å². The van der Waals surface area contributed by atoms with Crippen molar-refractivity contribution in [2.75, 3.05) is 25.5 Å². The summed E-state index contributed by atoms with van der Waals surface area (Å²) < 4.78 is 5.11. The first-order chi connectivity index (χ1) is 8.70. The number of carbonyl (C=O) groups excluding carboxylic acids is 1. The number of likely N-dealkylation sites (tertiary alicyclic amines) is 1. The number of nitrogens with zero attached hydrogens (tertiary/aromatic N) is 2. The van der Waals surface area contributed by atoms with Gasteiger partial charge in [-0.2, -0.15) is 0 Å². The molecule has 2 amide bonds. The average molecular weight is 249 g/mol. The molecule has 1 saturated heterocycles. The normalized spacial score (nSPS) is 19.4. The van der Waals surface area contributed by atoms with E-state index >= 15 is 0 Å². The summed E-state index contributed by atoms with van der Waals surface area (Å²) in [7, 11) is 1.54. The Kier molecular flexibility index (Phi) is 4.02. The number of nitrogens with one attached hydrogen (secondary N) is 1. The van der Waals surface area contributed by atoms with E-state index in [0.717, 1.165) is 19.5 Å². The van der Waals surface area contributed by atoms with Crippen LogP contribution >= 0.6 is 0 Å². The summed E-state index contributed by atoms with van der Waals surface area (Å²) in [4.78, 5) is 18.0. The molecule has 5 nitrogen and oxygen atoms in total. The van der Waals surface area contributed by atoms with Crippen molar-refractivity contribution in [3.63, 3.8) is 0 Å². The highest BCUT2D eigenvalue weighted by Gasteiger charge is 2.21. The largest absolute Gasteiger partial charge is 0.480 e. The summed E-state index contributed by atoms with van der Waals surface area (Å²) >= 11 is 0. The second-order valence-corrected chi connectivity index (χ2v) is 4.68. The van der Waals surface area contributed by atoms with E-state index in [1.165, 1.54) is 6.42 Å². The lowest BCUT2D eigenvalue weighted by Crippen LogP contribution is -2.41. The Bertz CT molecular complexity index is 422. The Morgan fingerprint density at radius 2 is 2.44 bits per heavy atom. The molecule has 1 atom stereocenters. The topological polar surface area (TPSA) is 54.5 Å². The van der Waals surface area contributed by atoms with Crippen molar-refractivity contribution in [1.29, 1.82) is 0 Å². The molecule has 0 aromatic carbocycles. The van der Waals surface area contributed by atoms with Crippen LogP contribution in [0.3, 0.4) is 0 Å². The molecule has 0 saturated carbocycles. The minimum Gasteiger partial charge on any atom is -0.480 e. The van der Waals surface area contributed by atoms with Gasteiger partial charge in [-0.1, -0.05) is 6.92 Å². The van der Waals surface area contributed by atoms with Gasteiger partial charge in [-0.25, -0.2) is 9.78 Å². The van der Waals surface area contributed by atoms with Crippen LogP contribution in [0.2, 0.25) is 0 Å². The summed E-state index contributed by atoms with van der Waals surface area (Å²) in [5.41, 5.74) is 0.614. The molecule has 1 aromatic rings. The van der Waals surface area contributed by atoms with E-state index in [9.17, 15) is 4.79 Å². The zero-order valence-electron chi connectivity index (χ0n) is 10.8. The molecule has 0 spiro atoms. The van der Waals surface area contributed by atoms with Gasteiger partial charge in [-0.05, 0) is 30.9 Å². The van der Waals surface area contributed by atoms with Crippen molar-refractivity contribution < 1.29 is 9.53 Å². The van der Waals surface area contributed by atoms with Gasteiger partial charge < -0.3 is 15.0 Å². The number of piperidine rings is 1. The summed E-state index contributed by atoms with van der Waals surface area (Å²) in [6, 6.07) is 3.49. The van der Waals surface area contributed by atoms with Crippen LogP contribution in [0.15, 0.2) is 18.3 Å². The van der Waals surface area contributed by atoms with E-state index in [1.54, 1.807) is 25.4 Å². The molecule has 1 unspecified atom stereocenters. The number of rotatable bonds is 2. The summed E-state index contributed by atoms with van der Waals surface area (Å²) in [6.07, 6.45) is 3.90. The van der Waals surface area contributed by atoms with Crippen molar-refractivity contribution in [2.45, 2.75) is 19.8 Å². The SMILES string of the molecule is COc1ncccc1NC(=O)N1CCCC(C)C1. The van der Waals surface area contributed by atoms with Crippen LogP contribution in [-0.2, 0) is 0 Å². The van der Waals surface area contributed by atoms with Gasteiger partial charge in [0.1, 0.15) is 5.69 Å². The Balaban J connectivity index is 2.02. The minimum atomic E-state index is -0.0761. The van der Waals surface area contributed by atoms with Gasteiger partial charge in [-0.15, -0.1) is 0 Å². The fraction of sp³-hybridized carbons (Fsp3) is 0.538. The third-order valence-electron chi connectivity index (χ3n) is 3.15. The van der Waals surface area contributed by atoms with E-state index in [2.05, 4.69) is 17.2 Å². The Morgan fingerprint density at radius 3 is 3.17 bits per heavy atom. The standard InChI is InChI=1S/C13H19N3O2/c1-10-5-4-8-16(9-10)13(17)15-11-6-3-7-14-12(11)18-2/h3,6-7,10H,4-5,8-9H2,1-2H3,(H,15,17). The van der Waals surface area contributed by atoms with Crippen molar-refractivity contribution in [3.8, 4) is 5.88 Å². The predicted molar refractivity (Wildman–Crippen MR) is 69.8 cm³/mol. The molecular weight excluding hydrogens is 230 g/mol. The zero-order chi connectivity index (χ0) is 13.0. The molecular formula is C13H19N3O2. The molecule has 2 heterocycles. The van der Waals surface area contributed by atoms with Crippen LogP contribution in [0.1, 0.15) is 19.8 Å². The number of amides is 2. The fourth-order valence-corrected chi connectivity index (χ4v) is 2.22. The van der Waals surface area contributed by atoms with Crippen molar-refractivity contribution in [1.82, 2.24) is 9.88 Å². The minimum absolute atomic E-state index is 0.0761. The number of methoxy groups -OCH3 is 1. The van der Waals surface area contributed by atoms with Gasteiger partial charge >= 0.3 is 6.03 Å². The average Bonchev–Trinajstić information content (AvgIpc) is 2.39. The van der Waals surface area contributed by atoms with Crippen molar-refractivity contribution >= 4 is 11.7 Å². The van der Waals surface area contributed by atoms with E-state index in [0.29, 0.717) is 17.5 Å². The predicted octanol–water partition coefficient (Wildman–Crippen LogP) is 2.35. The maximum absolute atomic E-state index is 12.1. The maximum Gasteiger partial charge on any atom is 0.322 e. The van der Waals surface area contributed by atoms with Crippen LogP contribution in [-0.4, -0.2) is 36.1 Å². The number of anilines is 1. The van der Waals surface area contributed by atoms with E-state index in [-0.39, 0.29) is 6.03 Å². The number of hydrogen-bond donors (Lipinski definition) is 1. The van der Waals surface area contributed by atoms with Gasteiger partial charge in [0, 0.05) is 19.3 Å². The monoisotopic (exact) mass is 249 g/mol. The Hall–Kier alpha value is -1.78. The molecule has 18 heavy (non-hydrogen) atoms. The van der Waals surface area contributed by atoms with Crippen LogP contribution in [0.5, 0.6) is 5.88 Å². The molecule has 0 bridgehead atoms. The maximum atomic E-state index is 12.1. The fourth-order valence-electron chi connectivity index (χ4n) is 2.22. The van der Waals surface area contributed by atoms with Gasteiger partial charge in [0.2, 0.25) is 5.88 Å².